The summed E-state index contributed by atoms with van der Waals surface area (Å²) >= 11 is 3.38. The molecule has 64 valence electrons. The Morgan fingerprint density at radius 2 is 2.45 bits per heavy atom. The van der Waals surface area contributed by atoms with E-state index in [1.807, 2.05) is 0 Å². The van der Waals surface area contributed by atoms with Crippen molar-refractivity contribution < 1.29 is 4.79 Å². The average Bonchev–Trinajstić information content (AvgIpc) is 2.26. The number of carbonyl (C=O) groups is 1. The van der Waals surface area contributed by atoms with Crippen LogP contribution in [0.25, 0.3) is 0 Å². The molecule has 1 saturated heterocycles. The van der Waals surface area contributed by atoms with Crippen LogP contribution in [0.1, 0.15) is 26.2 Å². The molecule has 11 heavy (non-hydrogen) atoms. The van der Waals surface area contributed by atoms with Gasteiger partial charge in [0.15, 0.2) is 0 Å². The van der Waals surface area contributed by atoms with E-state index in [0.717, 1.165) is 18.2 Å². The van der Waals surface area contributed by atoms with Gasteiger partial charge in [0.2, 0.25) is 5.91 Å². The molecule has 2 unspecified atom stereocenters. The first-order chi connectivity index (χ1) is 5.24. The quantitative estimate of drug-likeness (QED) is 0.720. The lowest BCUT2D eigenvalue weighted by Crippen LogP contribution is -2.28. The Balaban J connectivity index is 2.28. The fourth-order valence-corrected chi connectivity index (χ4v) is 1.82. The van der Waals surface area contributed by atoms with Crippen LogP contribution in [0.4, 0.5) is 0 Å². The summed E-state index contributed by atoms with van der Waals surface area (Å²) in [6, 6.07) is 0.431. The highest BCUT2D eigenvalue weighted by Crippen LogP contribution is 2.19. The van der Waals surface area contributed by atoms with Crippen molar-refractivity contribution in [2.75, 3.05) is 5.33 Å². The topological polar surface area (TPSA) is 29.1 Å². The van der Waals surface area contributed by atoms with Crippen molar-refractivity contribution in [1.82, 2.24) is 5.32 Å². The third-order valence-corrected chi connectivity index (χ3v) is 2.75. The number of halogens is 1. The molecule has 0 saturated carbocycles. The lowest BCUT2D eigenvalue weighted by atomic mass is 9.99. The van der Waals surface area contributed by atoms with Crippen LogP contribution in [0.2, 0.25) is 0 Å². The highest BCUT2D eigenvalue weighted by Gasteiger charge is 2.27. The number of nitrogens with one attached hydrogen (secondary N) is 1. The molecule has 1 rings (SSSR count). The van der Waals surface area contributed by atoms with Crippen molar-refractivity contribution in [1.29, 1.82) is 0 Å². The van der Waals surface area contributed by atoms with Gasteiger partial charge in [0.1, 0.15) is 0 Å². The van der Waals surface area contributed by atoms with E-state index in [2.05, 4.69) is 28.2 Å². The summed E-state index contributed by atoms with van der Waals surface area (Å²) in [6.07, 6.45) is 2.97. The molecule has 1 N–H and O–H groups in total. The summed E-state index contributed by atoms with van der Waals surface area (Å²) in [5.74, 6) is 0.749. The molecule has 1 aliphatic rings. The summed E-state index contributed by atoms with van der Waals surface area (Å²) in [5, 5.41) is 4.01. The molecular formula is C8H14BrNO. The van der Waals surface area contributed by atoms with Crippen molar-refractivity contribution in [3.05, 3.63) is 0 Å². The Morgan fingerprint density at radius 3 is 2.91 bits per heavy atom. The Morgan fingerprint density at radius 1 is 1.73 bits per heavy atom. The van der Waals surface area contributed by atoms with Crippen LogP contribution in [0.15, 0.2) is 0 Å². The van der Waals surface area contributed by atoms with Crippen molar-refractivity contribution >= 4 is 21.8 Å². The molecule has 0 bridgehead atoms. The minimum Gasteiger partial charge on any atom is -0.353 e. The summed E-state index contributed by atoms with van der Waals surface area (Å²) < 4.78 is 0. The summed E-state index contributed by atoms with van der Waals surface area (Å²) in [6.45, 7) is 2.14. The predicted molar refractivity (Wildman–Crippen MR) is 48.7 cm³/mol. The van der Waals surface area contributed by atoms with Crippen LogP contribution < -0.4 is 5.32 Å². The van der Waals surface area contributed by atoms with Gasteiger partial charge in [0.25, 0.3) is 0 Å². The van der Waals surface area contributed by atoms with Gasteiger partial charge < -0.3 is 5.32 Å². The van der Waals surface area contributed by atoms with Crippen molar-refractivity contribution in [3.63, 3.8) is 0 Å². The second-order valence-corrected chi connectivity index (χ2v) is 3.98. The fourth-order valence-electron chi connectivity index (χ4n) is 1.50. The highest BCUT2D eigenvalue weighted by molar-refractivity contribution is 9.09. The van der Waals surface area contributed by atoms with Crippen molar-refractivity contribution in [2.45, 2.75) is 32.2 Å². The largest absolute Gasteiger partial charge is 0.353 e. The van der Waals surface area contributed by atoms with Gasteiger partial charge in [0.05, 0.1) is 0 Å². The standard InChI is InChI=1S/C8H14BrNO/c1-6-5-8(11)10-7(6)3-2-4-9/h6-7H,2-5H2,1H3,(H,10,11). The van der Waals surface area contributed by atoms with Crippen molar-refractivity contribution in [3.8, 4) is 0 Å². The zero-order valence-corrected chi connectivity index (χ0v) is 8.36. The van der Waals surface area contributed by atoms with E-state index in [1.54, 1.807) is 0 Å². The van der Waals surface area contributed by atoms with Gasteiger partial charge in [-0.05, 0) is 18.8 Å². The Hall–Kier alpha value is -0.0500. The number of hydrogen-bond acceptors (Lipinski definition) is 1. The molecule has 3 heteroatoms. The molecule has 1 aliphatic heterocycles. The summed E-state index contributed by atoms with van der Waals surface area (Å²) in [4.78, 5) is 10.9. The molecular weight excluding hydrogens is 206 g/mol. The number of carbonyl (C=O) groups excluding carboxylic acids is 1. The Bertz CT molecular complexity index is 149. The number of amides is 1. The van der Waals surface area contributed by atoms with Gasteiger partial charge in [-0.1, -0.05) is 22.9 Å². The normalized spacial score (nSPS) is 30.5. The van der Waals surface area contributed by atoms with Gasteiger partial charge >= 0.3 is 0 Å². The molecule has 1 amide bonds. The Labute approximate surface area is 75.9 Å². The smallest absolute Gasteiger partial charge is 0.220 e. The molecule has 2 nitrogen and oxygen atoms in total. The third kappa shape index (κ3) is 2.47. The van der Waals surface area contributed by atoms with Crippen LogP contribution in [-0.4, -0.2) is 17.3 Å². The molecule has 0 spiro atoms. The molecule has 1 heterocycles. The zero-order chi connectivity index (χ0) is 8.27. The highest BCUT2D eigenvalue weighted by atomic mass is 79.9. The second kappa shape index (κ2) is 4.10. The van der Waals surface area contributed by atoms with Crippen LogP contribution in [0.3, 0.4) is 0 Å². The van der Waals surface area contributed by atoms with Gasteiger partial charge in [-0.25, -0.2) is 0 Å². The molecule has 0 aromatic carbocycles. The van der Waals surface area contributed by atoms with E-state index in [9.17, 15) is 4.79 Å². The van der Waals surface area contributed by atoms with E-state index in [0.29, 0.717) is 18.4 Å². The first kappa shape index (κ1) is 9.04. The van der Waals surface area contributed by atoms with Crippen LogP contribution in [-0.2, 0) is 4.79 Å². The van der Waals surface area contributed by atoms with Gasteiger partial charge in [0, 0.05) is 17.8 Å². The SMILES string of the molecule is CC1CC(=O)NC1CCCBr. The lowest BCUT2D eigenvalue weighted by molar-refractivity contribution is -0.119. The molecule has 0 aromatic heterocycles. The van der Waals surface area contributed by atoms with E-state index in [-0.39, 0.29) is 5.91 Å². The average molecular weight is 220 g/mol. The summed E-state index contributed by atoms with van der Waals surface area (Å²) in [5.41, 5.74) is 0. The summed E-state index contributed by atoms with van der Waals surface area (Å²) in [7, 11) is 0. The van der Waals surface area contributed by atoms with E-state index >= 15 is 0 Å². The third-order valence-electron chi connectivity index (χ3n) is 2.19. The van der Waals surface area contributed by atoms with Crippen molar-refractivity contribution in [2.24, 2.45) is 5.92 Å². The zero-order valence-electron chi connectivity index (χ0n) is 6.77. The number of rotatable bonds is 3. The van der Waals surface area contributed by atoms with Crippen LogP contribution in [0, 0.1) is 5.92 Å². The lowest BCUT2D eigenvalue weighted by Gasteiger charge is -2.13. The molecule has 0 radical (unpaired) electrons. The van der Waals surface area contributed by atoms with Crippen LogP contribution in [0.5, 0.6) is 0 Å². The monoisotopic (exact) mass is 219 g/mol. The second-order valence-electron chi connectivity index (χ2n) is 3.19. The molecule has 0 aliphatic carbocycles. The number of alkyl halides is 1. The maximum atomic E-state index is 10.9. The number of hydrogen-bond donors (Lipinski definition) is 1. The van der Waals surface area contributed by atoms with E-state index in [1.165, 1.54) is 0 Å². The molecule has 0 aromatic rings. The maximum Gasteiger partial charge on any atom is 0.220 e. The van der Waals surface area contributed by atoms with E-state index in [4.69, 9.17) is 0 Å². The molecule has 2 atom stereocenters. The predicted octanol–water partition coefficient (Wildman–Crippen LogP) is 1.69. The Kier molecular flexibility index (Phi) is 3.37. The molecule has 1 fully saturated rings. The van der Waals surface area contributed by atoms with Gasteiger partial charge in [-0.15, -0.1) is 0 Å². The van der Waals surface area contributed by atoms with E-state index < -0.39 is 0 Å². The maximum absolute atomic E-state index is 10.9. The minimum absolute atomic E-state index is 0.220. The first-order valence-electron chi connectivity index (χ1n) is 4.09. The van der Waals surface area contributed by atoms with Crippen LogP contribution >= 0.6 is 15.9 Å². The fraction of sp³-hybridized carbons (Fsp3) is 0.875. The first-order valence-corrected chi connectivity index (χ1v) is 5.21. The van der Waals surface area contributed by atoms with Gasteiger partial charge in [-0.2, -0.15) is 0 Å². The van der Waals surface area contributed by atoms with Gasteiger partial charge in [-0.3, -0.25) is 4.79 Å². The minimum atomic E-state index is 0.220.